The van der Waals surface area contributed by atoms with Gasteiger partial charge >= 0.3 is 0 Å². The van der Waals surface area contributed by atoms with Crippen LogP contribution in [0.25, 0.3) is 0 Å². The van der Waals surface area contributed by atoms with E-state index in [0.717, 1.165) is 30.7 Å². The summed E-state index contributed by atoms with van der Waals surface area (Å²) >= 11 is 3.52. The lowest BCUT2D eigenvalue weighted by Gasteiger charge is -2.14. The molecular weight excluding hydrogens is 268 g/mol. The highest BCUT2D eigenvalue weighted by atomic mass is 79.9. The molecule has 0 saturated carbocycles. The van der Waals surface area contributed by atoms with Crippen molar-refractivity contribution in [2.75, 3.05) is 19.6 Å². The van der Waals surface area contributed by atoms with Crippen molar-refractivity contribution in [2.24, 2.45) is 5.92 Å². The molecule has 0 spiro atoms. The van der Waals surface area contributed by atoms with Gasteiger partial charge in [-0.15, -0.1) is 0 Å². The second-order valence-electron chi connectivity index (χ2n) is 4.21. The van der Waals surface area contributed by atoms with Crippen LogP contribution >= 0.6 is 15.9 Å². The number of halogens is 1. The lowest BCUT2D eigenvalue weighted by molar-refractivity contribution is 0.146. The van der Waals surface area contributed by atoms with Crippen LogP contribution in [0, 0.1) is 5.92 Å². The van der Waals surface area contributed by atoms with Gasteiger partial charge in [0.2, 0.25) is 0 Å². The minimum absolute atomic E-state index is 0.202. The number of aliphatic hydroxyl groups is 1. The first-order valence-electron chi connectivity index (χ1n) is 5.60. The van der Waals surface area contributed by atoms with E-state index in [0.29, 0.717) is 5.92 Å². The summed E-state index contributed by atoms with van der Waals surface area (Å²) in [6.07, 6.45) is -0.202. The maximum atomic E-state index is 9.63. The molecule has 88 valence electrons. The molecule has 1 aliphatic heterocycles. The highest BCUT2D eigenvalue weighted by molar-refractivity contribution is 9.10. The summed E-state index contributed by atoms with van der Waals surface area (Å²) in [7, 11) is 0. The van der Waals surface area contributed by atoms with Crippen molar-refractivity contribution in [2.45, 2.75) is 12.6 Å². The fraction of sp³-hybridized carbons (Fsp3) is 0.500. The molecule has 4 heteroatoms. The molecule has 3 nitrogen and oxygen atoms in total. The van der Waals surface area contributed by atoms with Crippen LogP contribution in [0.15, 0.2) is 28.7 Å². The summed E-state index contributed by atoms with van der Waals surface area (Å²) in [6.45, 7) is 3.33. The molecule has 16 heavy (non-hydrogen) atoms. The first-order chi connectivity index (χ1) is 7.77. The normalized spacial score (nSPS) is 24.9. The zero-order valence-corrected chi connectivity index (χ0v) is 10.7. The Morgan fingerprint density at radius 3 is 2.88 bits per heavy atom. The van der Waals surface area contributed by atoms with Crippen molar-refractivity contribution < 1.29 is 5.11 Å². The van der Waals surface area contributed by atoms with E-state index < -0.39 is 0 Å². The molecule has 0 aliphatic carbocycles. The molecule has 0 bridgehead atoms. The van der Waals surface area contributed by atoms with Crippen molar-refractivity contribution in [3.63, 3.8) is 0 Å². The van der Waals surface area contributed by atoms with Gasteiger partial charge in [0.15, 0.2) is 0 Å². The molecule has 0 radical (unpaired) electrons. The lowest BCUT2D eigenvalue weighted by atomic mass is 10.1. The Balaban J connectivity index is 1.78. The molecule has 1 aliphatic rings. The van der Waals surface area contributed by atoms with Crippen LogP contribution in [-0.2, 0) is 6.54 Å². The molecule has 0 amide bonds. The zero-order valence-electron chi connectivity index (χ0n) is 9.12. The Morgan fingerprint density at radius 2 is 2.19 bits per heavy atom. The van der Waals surface area contributed by atoms with Gasteiger partial charge in [-0.3, -0.25) is 0 Å². The van der Waals surface area contributed by atoms with Gasteiger partial charge in [0.1, 0.15) is 0 Å². The third-order valence-corrected chi connectivity index (χ3v) is 3.76. The van der Waals surface area contributed by atoms with E-state index in [2.05, 4.69) is 32.6 Å². The molecule has 0 aromatic heterocycles. The van der Waals surface area contributed by atoms with Crippen molar-refractivity contribution in [3.05, 3.63) is 34.3 Å². The second kappa shape index (κ2) is 5.77. The van der Waals surface area contributed by atoms with Gasteiger partial charge in [0.25, 0.3) is 0 Å². The minimum atomic E-state index is -0.202. The summed E-state index contributed by atoms with van der Waals surface area (Å²) in [5.74, 6) is 0.336. The van der Waals surface area contributed by atoms with E-state index in [-0.39, 0.29) is 6.10 Å². The van der Waals surface area contributed by atoms with Crippen molar-refractivity contribution in [1.29, 1.82) is 0 Å². The topological polar surface area (TPSA) is 44.3 Å². The Kier molecular flexibility index (Phi) is 4.35. The van der Waals surface area contributed by atoms with Gasteiger partial charge in [-0.25, -0.2) is 0 Å². The minimum Gasteiger partial charge on any atom is -0.391 e. The summed E-state index contributed by atoms with van der Waals surface area (Å²) in [5, 5.41) is 16.2. The quantitative estimate of drug-likeness (QED) is 0.777. The Hall–Kier alpha value is -0.420. The van der Waals surface area contributed by atoms with Gasteiger partial charge in [0, 0.05) is 36.6 Å². The SMILES string of the molecule is OC1CNCC1CNCc1ccccc1Br. The summed E-state index contributed by atoms with van der Waals surface area (Å²) in [5.41, 5.74) is 1.25. The van der Waals surface area contributed by atoms with Crippen LogP contribution in [0.2, 0.25) is 0 Å². The first kappa shape index (κ1) is 12.0. The fourth-order valence-electron chi connectivity index (χ4n) is 1.96. The number of aliphatic hydroxyl groups excluding tert-OH is 1. The molecule has 1 aromatic carbocycles. The maximum Gasteiger partial charge on any atom is 0.0716 e. The number of β-amino-alcohol motifs (C(OH)–C–C–N with tert-alkyl or cyclic N) is 1. The van der Waals surface area contributed by atoms with Crippen molar-refractivity contribution in [3.8, 4) is 0 Å². The van der Waals surface area contributed by atoms with Crippen LogP contribution in [-0.4, -0.2) is 30.8 Å². The second-order valence-corrected chi connectivity index (χ2v) is 5.06. The predicted molar refractivity (Wildman–Crippen MR) is 68.2 cm³/mol. The fourth-order valence-corrected chi connectivity index (χ4v) is 2.39. The predicted octanol–water partition coefficient (Wildman–Crippen LogP) is 1.12. The monoisotopic (exact) mass is 284 g/mol. The highest BCUT2D eigenvalue weighted by Crippen LogP contribution is 2.15. The molecule has 1 saturated heterocycles. The average Bonchev–Trinajstić information content (AvgIpc) is 2.67. The van der Waals surface area contributed by atoms with Crippen LogP contribution < -0.4 is 10.6 Å². The molecule has 2 unspecified atom stereocenters. The van der Waals surface area contributed by atoms with Crippen LogP contribution in [0.3, 0.4) is 0 Å². The van der Waals surface area contributed by atoms with Crippen LogP contribution in [0.1, 0.15) is 5.56 Å². The van der Waals surface area contributed by atoms with Crippen LogP contribution in [0.4, 0.5) is 0 Å². The smallest absolute Gasteiger partial charge is 0.0716 e. The lowest BCUT2D eigenvalue weighted by Crippen LogP contribution is -2.30. The first-order valence-corrected chi connectivity index (χ1v) is 6.39. The largest absolute Gasteiger partial charge is 0.391 e. The molecular formula is C12H17BrN2O. The number of benzene rings is 1. The molecule has 2 atom stereocenters. The number of hydrogen-bond donors (Lipinski definition) is 3. The van der Waals surface area contributed by atoms with E-state index in [1.807, 2.05) is 18.2 Å². The van der Waals surface area contributed by atoms with Gasteiger partial charge in [-0.05, 0) is 11.6 Å². The third-order valence-electron chi connectivity index (χ3n) is 2.98. The molecule has 1 aromatic rings. The van der Waals surface area contributed by atoms with Crippen LogP contribution in [0.5, 0.6) is 0 Å². The van der Waals surface area contributed by atoms with Gasteiger partial charge in [-0.1, -0.05) is 34.1 Å². The number of nitrogens with one attached hydrogen (secondary N) is 2. The Morgan fingerprint density at radius 1 is 1.38 bits per heavy atom. The van der Waals surface area contributed by atoms with Gasteiger partial charge in [-0.2, -0.15) is 0 Å². The molecule has 2 rings (SSSR count). The van der Waals surface area contributed by atoms with Gasteiger partial charge in [0.05, 0.1) is 6.10 Å². The average molecular weight is 285 g/mol. The van der Waals surface area contributed by atoms with E-state index >= 15 is 0 Å². The highest BCUT2D eigenvalue weighted by Gasteiger charge is 2.23. The number of rotatable bonds is 4. The third kappa shape index (κ3) is 3.04. The van der Waals surface area contributed by atoms with E-state index in [9.17, 15) is 5.11 Å². The summed E-state index contributed by atoms with van der Waals surface area (Å²) < 4.78 is 1.13. The van der Waals surface area contributed by atoms with Crippen molar-refractivity contribution in [1.82, 2.24) is 10.6 Å². The molecule has 3 N–H and O–H groups in total. The number of hydrogen-bond acceptors (Lipinski definition) is 3. The molecule has 1 fully saturated rings. The van der Waals surface area contributed by atoms with E-state index in [4.69, 9.17) is 0 Å². The van der Waals surface area contributed by atoms with E-state index in [1.165, 1.54) is 5.56 Å². The Bertz CT molecular complexity index is 346. The molecule has 1 heterocycles. The zero-order chi connectivity index (χ0) is 11.4. The summed E-state index contributed by atoms with van der Waals surface area (Å²) in [4.78, 5) is 0. The maximum absolute atomic E-state index is 9.63. The van der Waals surface area contributed by atoms with Gasteiger partial charge < -0.3 is 15.7 Å². The standard InChI is InChI=1S/C12H17BrN2O/c13-11-4-2-1-3-9(11)5-14-6-10-7-15-8-12(10)16/h1-4,10,12,14-16H,5-8H2. The Labute approximate surface area is 104 Å². The van der Waals surface area contributed by atoms with E-state index in [1.54, 1.807) is 0 Å². The summed E-state index contributed by atoms with van der Waals surface area (Å²) in [6, 6.07) is 8.19. The van der Waals surface area contributed by atoms with Crippen molar-refractivity contribution >= 4 is 15.9 Å².